The lowest BCUT2D eigenvalue weighted by molar-refractivity contribution is -0.139. The van der Waals surface area contributed by atoms with E-state index in [9.17, 15) is 9.59 Å². The van der Waals surface area contributed by atoms with Gasteiger partial charge in [-0.2, -0.15) is 0 Å². The Hall–Kier alpha value is -1.84. The Labute approximate surface area is 92.8 Å². The van der Waals surface area contributed by atoms with E-state index in [1.165, 1.54) is 0 Å². The second-order valence-electron chi connectivity index (χ2n) is 3.93. The van der Waals surface area contributed by atoms with Crippen LogP contribution in [0.15, 0.2) is 18.2 Å². The van der Waals surface area contributed by atoms with E-state index in [2.05, 4.69) is 0 Å². The smallest absolute Gasteiger partial charge is 0.338 e. The molecule has 0 amide bonds. The van der Waals surface area contributed by atoms with Gasteiger partial charge in [0.25, 0.3) is 0 Å². The lowest BCUT2D eigenvalue weighted by Crippen LogP contribution is -2.30. The van der Waals surface area contributed by atoms with Gasteiger partial charge in [-0.3, -0.25) is 4.79 Å². The number of benzene rings is 1. The maximum atomic E-state index is 11.6. The summed E-state index contributed by atoms with van der Waals surface area (Å²) in [5, 5.41) is 8.68. The van der Waals surface area contributed by atoms with Crippen molar-refractivity contribution in [1.29, 1.82) is 0 Å². The zero-order valence-corrected chi connectivity index (χ0v) is 8.90. The van der Waals surface area contributed by atoms with Crippen molar-refractivity contribution in [3.63, 3.8) is 0 Å². The van der Waals surface area contributed by atoms with Crippen LogP contribution < -0.4 is 0 Å². The van der Waals surface area contributed by atoms with Crippen LogP contribution in [0.1, 0.15) is 27.9 Å². The second kappa shape index (κ2) is 3.96. The Morgan fingerprint density at radius 3 is 3.00 bits per heavy atom. The minimum atomic E-state index is -0.949. The summed E-state index contributed by atoms with van der Waals surface area (Å²) in [6.45, 7) is 1.91. The van der Waals surface area contributed by atoms with Crippen LogP contribution in [0.4, 0.5) is 0 Å². The van der Waals surface area contributed by atoms with Gasteiger partial charge >= 0.3 is 11.9 Å². The predicted molar refractivity (Wildman–Crippen MR) is 56.3 cm³/mol. The number of carbonyl (C=O) groups excluding carboxylic acids is 1. The molecular weight excluding hydrogens is 208 g/mol. The van der Waals surface area contributed by atoms with E-state index in [4.69, 9.17) is 9.84 Å². The van der Waals surface area contributed by atoms with E-state index >= 15 is 0 Å². The van der Waals surface area contributed by atoms with E-state index < -0.39 is 18.0 Å². The highest BCUT2D eigenvalue weighted by molar-refractivity contribution is 5.92. The number of carbonyl (C=O) groups is 2. The largest absolute Gasteiger partial charge is 0.481 e. The third-order valence-corrected chi connectivity index (χ3v) is 2.74. The molecule has 0 aliphatic carbocycles. The summed E-state index contributed by atoms with van der Waals surface area (Å²) in [6.07, 6.45) is -0.196. The molecule has 0 fully saturated rings. The third kappa shape index (κ3) is 1.91. The maximum absolute atomic E-state index is 11.6. The monoisotopic (exact) mass is 220 g/mol. The number of rotatable bonds is 2. The molecule has 1 aliphatic rings. The molecular formula is C12H12O4. The molecule has 2 rings (SSSR count). The summed E-state index contributed by atoms with van der Waals surface area (Å²) < 4.78 is 5.06. The van der Waals surface area contributed by atoms with Crippen LogP contribution in [0, 0.1) is 6.92 Å². The zero-order chi connectivity index (χ0) is 11.7. The molecule has 0 aromatic heterocycles. The summed E-state index contributed by atoms with van der Waals surface area (Å²) >= 11 is 0. The van der Waals surface area contributed by atoms with E-state index in [-0.39, 0.29) is 6.42 Å². The molecule has 4 heteroatoms. The molecule has 4 nitrogen and oxygen atoms in total. The first kappa shape index (κ1) is 10.7. The van der Waals surface area contributed by atoms with Gasteiger partial charge in [-0.05, 0) is 24.1 Å². The van der Waals surface area contributed by atoms with Gasteiger partial charge in [0.05, 0.1) is 12.0 Å². The van der Waals surface area contributed by atoms with Crippen molar-refractivity contribution in [2.75, 3.05) is 0 Å². The van der Waals surface area contributed by atoms with Crippen LogP contribution in [-0.4, -0.2) is 23.1 Å². The minimum absolute atomic E-state index is 0.139. The summed E-state index contributed by atoms with van der Waals surface area (Å²) in [5.41, 5.74) is 2.47. The van der Waals surface area contributed by atoms with Crippen molar-refractivity contribution in [2.24, 2.45) is 0 Å². The van der Waals surface area contributed by atoms with Gasteiger partial charge in [-0.25, -0.2) is 4.79 Å². The number of fused-ring (bicyclic) bond motifs is 1. The third-order valence-electron chi connectivity index (χ3n) is 2.74. The highest BCUT2D eigenvalue weighted by Gasteiger charge is 2.28. The van der Waals surface area contributed by atoms with Crippen LogP contribution in [0.25, 0.3) is 0 Å². The number of hydrogen-bond donors (Lipinski definition) is 1. The van der Waals surface area contributed by atoms with E-state index in [1.807, 2.05) is 13.0 Å². The van der Waals surface area contributed by atoms with E-state index in [0.29, 0.717) is 12.0 Å². The number of hydrogen-bond acceptors (Lipinski definition) is 3. The first-order chi connectivity index (χ1) is 7.58. The molecule has 1 heterocycles. The second-order valence-corrected chi connectivity index (χ2v) is 3.93. The normalized spacial score (nSPS) is 18.8. The van der Waals surface area contributed by atoms with Gasteiger partial charge in [0.1, 0.15) is 6.10 Å². The van der Waals surface area contributed by atoms with E-state index in [0.717, 1.165) is 11.1 Å². The van der Waals surface area contributed by atoms with Gasteiger partial charge in [-0.15, -0.1) is 0 Å². The topological polar surface area (TPSA) is 63.6 Å². The Balaban J connectivity index is 2.31. The van der Waals surface area contributed by atoms with Crippen LogP contribution in [-0.2, 0) is 16.0 Å². The van der Waals surface area contributed by atoms with Gasteiger partial charge < -0.3 is 9.84 Å². The van der Waals surface area contributed by atoms with Crippen LogP contribution in [0.3, 0.4) is 0 Å². The number of esters is 1. The molecule has 0 spiro atoms. The Morgan fingerprint density at radius 2 is 2.31 bits per heavy atom. The highest BCUT2D eigenvalue weighted by atomic mass is 16.5. The average molecular weight is 220 g/mol. The molecule has 0 saturated carbocycles. The molecule has 1 aliphatic heterocycles. The molecule has 0 saturated heterocycles. The Bertz CT molecular complexity index is 450. The summed E-state index contributed by atoms with van der Waals surface area (Å²) in [7, 11) is 0. The minimum Gasteiger partial charge on any atom is -0.481 e. The van der Waals surface area contributed by atoms with Gasteiger partial charge in [-0.1, -0.05) is 12.1 Å². The molecule has 0 bridgehead atoms. The SMILES string of the molecule is Cc1cccc2c1CC(CC(=O)O)OC2=O. The number of carboxylic acids is 1. The molecule has 1 N–H and O–H groups in total. The van der Waals surface area contributed by atoms with Crippen molar-refractivity contribution < 1.29 is 19.4 Å². The standard InChI is InChI=1S/C12H12O4/c1-7-3-2-4-9-10(7)5-8(6-11(13)14)16-12(9)15/h2-4,8H,5-6H2,1H3,(H,13,14). The fourth-order valence-corrected chi connectivity index (χ4v) is 1.96. The Kier molecular flexibility index (Phi) is 2.64. The van der Waals surface area contributed by atoms with Crippen LogP contribution in [0.5, 0.6) is 0 Å². The number of carboxylic acid groups (broad SMARTS) is 1. The van der Waals surface area contributed by atoms with Crippen molar-refractivity contribution >= 4 is 11.9 Å². The number of aryl methyl sites for hydroxylation is 1. The van der Waals surface area contributed by atoms with Crippen molar-refractivity contribution in [3.8, 4) is 0 Å². The lowest BCUT2D eigenvalue weighted by atomic mass is 9.93. The maximum Gasteiger partial charge on any atom is 0.338 e. The molecule has 1 unspecified atom stereocenters. The van der Waals surface area contributed by atoms with Crippen molar-refractivity contribution in [2.45, 2.75) is 25.9 Å². The molecule has 1 aromatic carbocycles. The summed E-state index contributed by atoms with van der Waals surface area (Å²) in [4.78, 5) is 22.2. The molecule has 1 aromatic rings. The number of aliphatic carboxylic acids is 1. The quantitative estimate of drug-likeness (QED) is 0.768. The van der Waals surface area contributed by atoms with Gasteiger partial charge in [0.2, 0.25) is 0 Å². The molecule has 1 atom stereocenters. The first-order valence-corrected chi connectivity index (χ1v) is 5.09. The summed E-state index contributed by atoms with van der Waals surface area (Å²) in [5.74, 6) is -1.37. The zero-order valence-electron chi connectivity index (χ0n) is 8.90. The molecule has 16 heavy (non-hydrogen) atoms. The van der Waals surface area contributed by atoms with Crippen LogP contribution >= 0.6 is 0 Å². The highest BCUT2D eigenvalue weighted by Crippen LogP contribution is 2.24. The Morgan fingerprint density at radius 1 is 1.56 bits per heavy atom. The van der Waals surface area contributed by atoms with Crippen molar-refractivity contribution in [1.82, 2.24) is 0 Å². The van der Waals surface area contributed by atoms with Gasteiger partial charge in [0.15, 0.2) is 0 Å². The number of cyclic esters (lactones) is 1. The van der Waals surface area contributed by atoms with E-state index in [1.54, 1.807) is 12.1 Å². The molecule has 0 radical (unpaired) electrons. The average Bonchev–Trinajstić information content (AvgIpc) is 2.19. The first-order valence-electron chi connectivity index (χ1n) is 5.09. The van der Waals surface area contributed by atoms with Gasteiger partial charge in [0, 0.05) is 6.42 Å². The number of ether oxygens (including phenoxy) is 1. The van der Waals surface area contributed by atoms with Crippen LogP contribution in [0.2, 0.25) is 0 Å². The fraction of sp³-hybridized carbons (Fsp3) is 0.333. The lowest BCUT2D eigenvalue weighted by Gasteiger charge is -2.24. The molecule has 84 valence electrons. The van der Waals surface area contributed by atoms with Crippen molar-refractivity contribution in [3.05, 3.63) is 34.9 Å². The predicted octanol–water partition coefficient (Wildman–Crippen LogP) is 1.55. The fourth-order valence-electron chi connectivity index (χ4n) is 1.96. The summed E-state index contributed by atoms with van der Waals surface area (Å²) in [6, 6.07) is 5.42.